The quantitative estimate of drug-likeness (QED) is 0.691. The van der Waals surface area contributed by atoms with Crippen molar-refractivity contribution in [3.05, 3.63) is 63.9 Å². The number of hydrogen-bond donors (Lipinski definition) is 1. The molecular weight excluding hydrogens is 406 g/mol. The van der Waals surface area contributed by atoms with Gasteiger partial charge in [0.2, 0.25) is 5.91 Å². The molecule has 0 heterocycles. The van der Waals surface area contributed by atoms with Gasteiger partial charge in [0.25, 0.3) is 5.91 Å². The van der Waals surface area contributed by atoms with E-state index in [1.165, 1.54) is 23.1 Å². The monoisotopic (exact) mass is 426 g/mol. The fraction of sp³-hybridized carbons (Fsp3) is 0.300. The van der Waals surface area contributed by atoms with Crippen LogP contribution in [-0.2, 0) is 16.1 Å². The average Bonchev–Trinajstić information content (AvgIpc) is 2.67. The maximum absolute atomic E-state index is 13.7. The number of carbonyl (C=O) groups excluding carboxylic acids is 2. The summed E-state index contributed by atoms with van der Waals surface area (Å²) < 4.78 is 19.0. The molecule has 0 unspecified atom stereocenters. The van der Waals surface area contributed by atoms with E-state index in [4.69, 9.17) is 27.9 Å². The van der Waals surface area contributed by atoms with Crippen LogP contribution in [0.4, 0.5) is 4.39 Å². The Bertz CT molecular complexity index is 848. The van der Waals surface area contributed by atoms with Gasteiger partial charge < -0.3 is 15.0 Å². The van der Waals surface area contributed by atoms with Crippen LogP contribution in [0.2, 0.25) is 10.0 Å². The number of benzene rings is 2. The van der Waals surface area contributed by atoms with Crippen molar-refractivity contribution in [1.82, 2.24) is 10.2 Å². The lowest BCUT2D eigenvalue weighted by molar-refractivity contribution is -0.142. The second-order valence-electron chi connectivity index (χ2n) is 6.06. The lowest BCUT2D eigenvalue weighted by Crippen LogP contribution is -2.49. The lowest BCUT2D eigenvalue weighted by atomic mass is 10.1. The van der Waals surface area contributed by atoms with Gasteiger partial charge in [0.1, 0.15) is 6.04 Å². The van der Waals surface area contributed by atoms with Gasteiger partial charge in [-0.2, -0.15) is 0 Å². The summed E-state index contributed by atoms with van der Waals surface area (Å²) in [6.07, 6.45) is 0. The fourth-order valence-corrected chi connectivity index (χ4v) is 2.84. The SMILES string of the molecule is CCNC(=O)[C@H](C)N(Cc1ccc(Cl)c(Cl)c1)C(=O)COc1ccccc1F. The summed E-state index contributed by atoms with van der Waals surface area (Å²) in [5.74, 6) is -1.37. The molecule has 150 valence electrons. The highest BCUT2D eigenvalue weighted by Crippen LogP contribution is 2.24. The number of rotatable bonds is 8. The van der Waals surface area contributed by atoms with Gasteiger partial charge in [0, 0.05) is 13.1 Å². The van der Waals surface area contributed by atoms with Crippen LogP contribution < -0.4 is 10.1 Å². The molecule has 0 aliphatic heterocycles. The minimum absolute atomic E-state index is 0.0315. The Labute approximate surface area is 173 Å². The fourth-order valence-electron chi connectivity index (χ4n) is 2.52. The van der Waals surface area contributed by atoms with Gasteiger partial charge >= 0.3 is 0 Å². The summed E-state index contributed by atoms with van der Waals surface area (Å²) in [5.41, 5.74) is 0.699. The molecular formula is C20H21Cl2FN2O3. The zero-order chi connectivity index (χ0) is 20.7. The highest BCUT2D eigenvalue weighted by molar-refractivity contribution is 6.42. The Morgan fingerprint density at radius 3 is 2.54 bits per heavy atom. The van der Waals surface area contributed by atoms with Crippen molar-refractivity contribution in [2.24, 2.45) is 0 Å². The Morgan fingerprint density at radius 2 is 1.89 bits per heavy atom. The van der Waals surface area contributed by atoms with Gasteiger partial charge in [-0.15, -0.1) is 0 Å². The number of amides is 2. The molecule has 2 amide bonds. The maximum Gasteiger partial charge on any atom is 0.261 e. The maximum atomic E-state index is 13.7. The molecule has 1 N–H and O–H groups in total. The molecule has 1 atom stereocenters. The molecule has 0 saturated heterocycles. The molecule has 0 aromatic heterocycles. The van der Waals surface area contributed by atoms with Crippen LogP contribution in [0.5, 0.6) is 5.75 Å². The van der Waals surface area contributed by atoms with E-state index in [0.29, 0.717) is 22.2 Å². The first-order valence-electron chi connectivity index (χ1n) is 8.72. The highest BCUT2D eigenvalue weighted by atomic mass is 35.5. The van der Waals surface area contributed by atoms with E-state index in [-0.39, 0.29) is 18.2 Å². The second kappa shape index (κ2) is 10.3. The van der Waals surface area contributed by atoms with Crippen LogP contribution in [0.25, 0.3) is 0 Å². The van der Waals surface area contributed by atoms with E-state index in [1.54, 1.807) is 38.1 Å². The first kappa shape index (κ1) is 22.0. The van der Waals surface area contributed by atoms with Crippen molar-refractivity contribution in [3.8, 4) is 5.75 Å². The standard InChI is InChI=1S/C20H21Cl2FN2O3/c1-3-24-20(27)13(2)25(11-14-8-9-15(21)16(22)10-14)19(26)12-28-18-7-5-4-6-17(18)23/h4-10,13H,3,11-12H2,1-2H3,(H,24,27)/t13-/m0/s1. The molecule has 0 bridgehead atoms. The normalized spacial score (nSPS) is 11.6. The third-order valence-electron chi connectivity index (χ3n) is 4.04. The molecule has 8 heteroatoms. The summed E-state index contributed by atoms with van der Waals surface area (Å²) in [4.78, 5) is 26.4. The molecule has 2 aromatic rings. The second-order valence-corrected chi connectivity index (χ2v) is 6.87. The summed E-state index contributed by atoms with van der Waals surface area (Å²) in [7, 11) is 0. The van der Waals surface area contributed by atoms with E-state index >= 15 is 0 Å². The third kappa shape index (κ3) is 5.84. The van der Waals surface area contributed by atoms with Crippen molar-refractivity contribution in [2.75, 3.05) is 13.2 Å². The zero-order valence-corrected chi connectivity index (χ0v) is 17.1. The largest absolute Gasteiger partial charge is 0.481 e. The number of nitrogens with zero attached hydrogens (tertiary/aromatic N) is 1. The summed E-state index contributed by atoms with van der Waals surface area (Å²) >= 11 is 12.0. The number of likely N-dealkylation sites (N-methyl/N-ethyl adjacent to an activating group) is 1. The molecule has 0 spiro atoms. The van der Waals surface area contributed by atoms with Crippen LogP contribution in [0, 0.1) is 5.82 Å². The molecule has 28 heavy (non-hydrogen) atoms. The van der Waals surface area contributed by atoms with E-state index in [9.17, 15) is 14.0 Å². The van der Waals surface area contributed by atoms with Gasteiger partial charge in [0.15, 0.2) is 18.2 Å². The summed E-state index contributed by atoms with van der Waals surface area (Å²) in [6, 6.07) is 10.0. The highest BCUT2D eigenvalue weighted by Gasteiger charge is 2.26. The van der Waals surface area contributed by atoms with Crippen molar-refractivity contribution < 1.29 is 18.7 Å². The van der Waals surface area contributed by atoms with Gasteiger partial charge in [0.05, 0.1) is 10.0 Å². The Hall–Kier alpha value is -2.31. The van der Waals surface area contributed by atoms with Gasteiger partial charge in [-0.1, -0.05) is 41.4 Å². The Balaban J connectivity index is 2.18. The molecule has 2 aromatic carbocycles. The molecule has 0 radical (unpaired) electrons. The van der Waals surface area contributed by atoms with Crippen molar-refractivity contribution in [2.45, 2.75) is 26.4 Å². The number of halogens is 3. The summed E-state index contributed by atoms with van der Waals surface area (Å²) in [6.45, 7) is 3.55. The average molecular weight is 427 g/mol. The molecule has 0 aliphatic rings. The predicted octanol–water partition coefficient (Wildman–Crippen LogP) is 4.06. The zero-order valence-electron chi connectivity index (χ0n) is 15.5. The number of nitrogens with one attached hydrogen (secondary N) is 1. The number of hydrogen-bond acceptors (Lipinski definition) is 3. The number of ether oxygens (including phenoxy) is 1. The van der Waals surface area contributed by atoms with E-state index in [2.05, 4.69) is 5.32 Å². The van der Waals surface area contributed by atoms with E-state index < -0.39 is 24.4 Å². The molecule has 0 saturated carbocycles. The van der Waals surface area contributed by atoms with E-state index in [1.807, 2.05) is 0 Å². The van der Waals surface area contributed by atoms with Crippen LogP contribution >= 0.6 is 23.2 Å². The molecule has 0 fully saturated rings. The van der Waals surface area contributed by atoms with Gasteiger partial charge in [-0.3, -0.25) is 9.59 Å². The topological polar surface area (TPSA) is 58.6 Å². The minimum atomic E-state index is -0.758. The smallest absolute Gasteiger partial charge is 0.261 e. The minimum Gasteiger partial charge on any atom is -0.481 e. The van der Waals surface area contributed by atoms with Crippen LogP contribution in [0.15, 0.2) is 42.5 Å². The first-order valence-corrected chi connectivity index (χ1v) is 9.47. The van der Waals surface area contributed by atoms with Gasteiger partial charge in [-0.05, 0) is 43.7 Å². The van der Waals surface area contributed by atoms with Crippen LogP contribution in [0.1, 0.15) is 19.4 Å². The molecule has 0 aliphatic carbocycles. The summed E-state index contributed by atoms with van der Waals surface area (Å²) in [5, 5.41) is 3.43. The van der Waals surface area contributed by atoms with Gasteiger partial charge in [-0.25, -0.2) is 4.39 Å². The Morgan fingerprint density at radius 1 is 1.18 bits per heavy atom. The van der Waals surface area contributed by atoms with E-state index in [0.717, 1.165) is 0 Å². The molecule has 5 nitrogen and oxygen atoms in total. The third-order valence-corrected chi connectivity index (χ3v) is 4.78. The Kier molecular flexibility index (Phi) is 8.08. The predicted molar refractivity (Wildman–Crippen MR) is 107 cm³/mol. The van der Waals surface area contributed by atoms with Crippen LogP contribution in [-0.4, -0.2) is 35.9 Å². The van der Waals surface area contributed by atoms with Crippen molar-refractivity contribution >= 4 is 35.0 Å². The number of para-hydroxylation sites is 1. The van der Waals surface area contributed by atoms with Crippen LogP contribution in [0.3, 0.4) is 0 Å². The molecule has 2 rings (SSSR count). The lowest BCUT2D eigenvalue weighted by Gasteiger charge is -2.28. The van der Waals surface area contributed by atoms with Crippen molar-refractivity contribution in [1.29, 1.82) is 0 Å². The van der Waals surface area contributed by atoms with Crippen molar-refractivity contribution in [3.63, 3.8) is 0 Å². The first-order chi connectivity index (χ1) is 13.3. The number of carbonyl (C=O) groups is 2.